The van der Waals surface area contributed by atoms with E-state index in [1.165, 1.54) is 4.88 Å². The average Bonchev–Trinajstić information content (AvgIpc) is 3.21. The summed E-state index contributed by atoms with van der Waals surface area (Å²) in [7, 11) is 0. The number of aryl methyl sites for hydroxylation is 1. The highest BCUT2D eigenvalue weighted by atomic mass is 32.1. The maximum Gasteiger partial charge on any atom is 0.222 e. The molecule has 0 N–H and O–H groups in total. The lowest BCUT2D eigenvalue weighted by atomic mass is 10.0. The minimum Gasteiger partial charge on any atom is -0.341 e. The lowest BCUT2D eigenvalue weighted by Crippen LogP contribution is -2.40. The topological polar surface area (TPSA) is 38.1 Å². The van der Waals surface area contributed by atoms with Crippen molar-refractivity contribution in [2.45, 2.75) is 38.1 Å². The number of aromatic nitrogens is 2. The van der Waals surface area contributed by atoms with Crippen LogP contribution in [0.2, 0.25) is 0 Å². The Kier molecular flexibility index (Phi) is 4.70. The molecule has 0 aromatic carbocycles. The predicted molar refractivity (Wildman–Crippen MR) is 84.3 cm³/mol. The largest absolute Gasteiger partial charge is 0.341 e. The van der Waals surface area contributed by atoms with E-state index in [0.717, 1.165) is 38.8 Å². The molecule has 2 aromatic heterocycles. The molecule has 1 amide bonds. The summed E-state index contributed by atoms with van der Waals surface area (Å²) in [5.74, 6) is 0.295. The molecule has 3 rings (SSSR count). The van der Waals surface area contributed by atoms with Crippen LogP contribution in [0.4, 0.5) is 0 Å². The molecule has 1 atom stereocenters. The number of amides is 1. The lowest BCUT2D eigenvalue weighted by molar-refractivity contribution is -0.133. The summed E-state index contributed by atoms with van der Waals surface area (Å²) < 4.78 is 1.99. The van der Waals surface area contributed by atoms with Gasteiger partial charge in [-0.15, -0.1) is 11.3 Å². The second-order valence-corrected chi connectivity index (χ2v) is 6.59. The highest BCUT2D eigenvalue weighted by Gasteiger charge is 2.24. The molecule has 0 saturated carbocycles. The SMILES string of the molecule is O=C(CCCc1cccs1)N1CCC[C@@H](n2cccn2)C1. The van der Waals surface area contributed by atoms with Gasteiger partial charge in [0.05, 0.1) is 6.04 Å². The Hall–Kier alpha value is -1.62. The molecule has 0 spiro atoms. The number of thiophene rings is 1. The molecule has 0 bridgehead atoms. The van der Waals surface area contributed by atoms with Crippen LogP contribution >= 0.6 is 11.3 Å². The van der Waals surface area contributed by atoms with E-state index in [1.807, 2.05) is 28.0 Å². The van der Waals surface area contributed by atoms with Gasteiger partial charge in [0.15, 0.2) is 0 Å². The standard InChI is InChI=1S/C16H21N3OS/c20-16(8-1-6-15-7-3-12-21-15)18-10-2-5-14(13-18)19-11-4-9-17-19/h3-4,7,9,11-12,14H,1-2,5-6,8,10,13H2/t14-/m1/s1. The summed E-state index contributed by atoms with van der Waals surface area (Å²) in [6.07, 6.45) is 8.60. The Morgan fingerprint density at radius 3 is 3.14 bits per heavy atom. The van der Waals surface area contributed by atoms with Crippen molar-refractivity contribution < 1.29 is 4.79 Å². The van der Waals surface area contributed by atoms with Gasteiger partial charge in [0.25, 0.3) is 0 Å². The number of rotatable bonds is 5. The van der Waals surface area contributed by atoms with Crippen LogP contribution in [0.15, 0.2) is 36.0 Å². The first-order valence-electron chi connectivity index (χ1n) is 7.62. The molecule has 1 aliphatic heterocycles. The van der Waals surface area contributed by atoms with Crippen LogP contribution in [0.1, 0.15) is 36.6 Å². The first-order valence-corrected chi connectivity index (χ1v) is 8.50. The summed E-state index contributed by atoms with van der Waals surface area (Å²) in [6, 6.07) is 6.50. The molecule has 21 heavy (non-hydrogen) atoms. The van der Waals surface area contributed by atoms with E-state index in [9.17, 15) is 4.79 Å². The van der Waals surface area contributed by atoms with Crippen molar-refractivity contribution >= 4 is 17.2 Å². The summed E-state index contributed by atoms with van der Waals surface area (Å²) in [5, 5.41) is 6.40. The molecule has 112 valence electrons. The van der Waals surface area contributed by atoms with Crippen molar-refractivity contribution in [1.82, 2.24) is 14.7 Å². The highest BCUT2D eigenvalue weighted by Crippen LogP contribution is 2.21. The quantitative estimate of drug-likeness (QED) is 0.851. The van der Waals surface area contributed by atoms with Crippen LogP contribution in [0, 0.1) is 0 Å². The molecule has 2 aromatic rings. The lowest BCUT2D eigenvalue weighted by Gasteiger charge is -2.33. The van der Waals surface area contributed by atoms with Gasteiger partial charge < -0.3 is 4.90 Å². The Balaban J connectivity index is 1.48. The van der Waals surface area contributed by atoms with E-state index in [2.05, 4.69) is 22.6 Å². The molecule has 0 unspecified atom stereocenters. The van der Waals surface area contributed by atoms with Gasteiger partial charge in [0.1, 0.15) is 0 Å². The predicted octanol–water partition coefficient (Wildman–Crippen LogP) is 3.13. The minimum absolute atomic E-state index is 0.295. The van der Waals surface area contributed by atoms with E-state index in [-0.39, 0.29) is 0 Å². The zero-order valence-electron chi connectivity index (χ0n) is 12.1. The molecule has 0 radical (unpaired) electrons. The number of hydrogen-bond donors (Lipinski definition) is 0. The van der Waals surface area contributed by atoms with E-state index in [4.69, 9.17) is 0 Å². The number of likely N-dealkylation sites (tertiary alicyclic amines) is 1. The zero-order chi connectivity index (χ0) is 14.5. The third-order valence-corrected chi connectivity index (χ3v) is 4.98. The number of nitrogens with zero attached hydrogens (tertiary/aromatic N) is 3. The zero-order valence-corrected chi connectivity index (χ0v) is 13.0. The van der Waals surface area contributed by atoms with E-state index < -0.39 is 0 Å². The Morgan fingerprint density at radius 2 is 2.38 bits per heavy atom. The number of piperidine rings is 1. The third-order valence-electron chi connectivity index (χ3n) is 4.04. The Labute approximate surface area is 129 Å². The molecule has 4 nitrogen and oxygen atoms in total. The van der Waals surface area contributed by atoms with Gasteiger partial charge in [0, 0.05) is 36.8 Å². The van der Waals surface area contributed by atoms with Crippen molar-refractivity contribution in [1.29, 1.82) is 0 Å². The van der Waals surface area contributed by atoms with Crippen LogP contribution in [0.25, 0.3) is 0 Å². The van der Waals surface area contributed by atoms with E-state index in [0.29, 0.717) is 18.4 Å². The number of carbonyl (C=O) groups excluding carboxylic acids is 1. The highest BCUT2D eigenvalue weighted by molar-refractivity contribution is 7.09. The Bertz CT molecular complexity index is 550. The van der Waals surface area contributed by atoms with Crippen LogP contribution in [-0.2, 0) is 11.2 Å². The van der Waals surface area contributed by atoms with Crippen LogP contribution in [0.5, 0.6) is 0 Å². The fraction of sp³-hybridized carbons (Fsp3) is 0.500. The molecule has 5 heteroatoms. The van der Waals surface area contributed by atoms with Crippen molar-refractivity contribution in [3.8, 4) is 0 Å². The summed E-state index contributed by atoms with van der Waals surface area (Å²) in [5.41, 5.74) is 0. The van der Waals surface area contributed by atoms with Crippen LogP contribution < -0.4 is 0 Å². The summed E-state index contributed by atoms with van der Waals surface area (Å²) >= 11 is 1.77. The summed E-state index contributed by atoms with van der Waals surface area (Å²) in [4.78, 5) is 15.7. The number of carbonyl (C=O) groups is 1. The molecule has 3 heterocycles. The van der Waals surface area contributed by atoms with Gasteiger partial charge >= 0.3 is 0 Å². The maximum atomic E-state index is 12.3. The molecule has 1 aliphatic rings. The number of hydrogen-bond acceptors (Lipinski definition) is 3. The Morgan fingerprint density at radius 1 is 1.43 bits per heavy atom. The smallest absolute Gasteiger partial charge is 0.222 e. The van der Waals surface area contributed by atoms with Gasteiger partial charge in [-0.25, -0.2) is 0 Å². The third kappa shape index (κ3) is 3.73. The van der Waals surface area contributed by atoms with Crippen molar-refractivity contribution in [2.24, 2.45) is 0 Å². The van der Waals surface area contributed by atoms with Crippen molar-refractivity contribution in [3.05, 3.63) is 40.8 Å². The van der Waals surface area contributed by atoms with E-state index >= 15 is 0 Å². The fourth-order valence-electron chi connectivity index (χ4n) is 2.92. The first kappa shape index (κ1) is 14.3. The minimum atomic E-state index is 0.295. The molecule has 1 fully saturated rings. The molecule has 1 saturated heterocycles. The van der Waals surface area contributed by atoms with Crippen molar-refractivity contribution in [3.63, 3.8) is 0 Å². The second-order valence-electron chi connectivity index (χ2n) is 5.55. The van der Waals surface area contributed by atoms with Gasteiger partial charge in [-0.1, -0.05) is 6.07 Å². The van der Waals surface area contributed by atoms with Crippen molar-refractivity contribution in [2.75, 3.05) is 13.1 Å². The fourth-order valence-corrected chi connectivity index (χ4v) is 3.67. The van der Waals surface area contributed by atoms with Gasteiger partial charge in [-0.2, -0.15) is 5.10 Å². The van der Waals surface area contributed by atoms with Crippen LogP contribution in [-0.4, -0.2) is 33.7 Å². The molecule has 0 aliphatic carbocycles. The normalized spacial score (nSPS) is 18.9. The molecular weight excluding hydrogens is 282 g/mol. The van der Waals surface area contributed by atoms with Gasteiger partial charge in [-0.3, -0.25) is 9.48 Å². The molecular formula is C16H21N3OS. The van der Waals surface area contributed by atoms with Gasteiger partial charge in [-0.05, 0) is 43.2 Å². The second kappa shape index (κ2) is 6.89. The maximum absolute atomic E-state index is 12.3. The van der Waals surface area contributed by atoms with E-state index in [1.54, 1.807) is 11.3 Å². The average molecular weight is 303 g/mol. The van der Waals surface area contributed by atoms with Crippen LogP contribution in [0.3, 0.4) is 0 Å². The van der Waals surface area contributed by atoms with Gasteiger partial charge in [0.2, 0.25) is 5.91 Å². The monoisotopic (exact) mass is 303 g/mol. The summed E-state index contributed by atoms with van der Waals surface area (Å²) in [6.45, 7) is 1.70. The first-order chi connectivity index (χ1) is 10.3.